The molecule has 0 aliphatic carbocycles. The molecular formula is C28H22F3N7O4S. The van der Waals surface area contributed by atoms with Gasteiger partial charge in [0.1, 0.15) is 12.0 Å². The highest BCUT2D eigenvalue weighted by Gasteiger charge is 2.46. The minimum absolute atomic E-state index is 0.0415. The quantitative estimate of drug-likeness (QED) is 0.227. The molecule has 5 aromatic rings. The summed E-state index contributed by atoms with van der Waals surface area (Å²) in [4.78, 5) is 27.3. The second-order valence-electron chi connectivity index (χ2n) is 9.35. The van der Waals surface area contributed by atoms with Crippen molar-refractivity contribution in [2.45, 2.75) is 36.5 Å². The Balaban J connectivity index is 1.53. The summed E-state index contributed by atoms with van der Waals surface area (Å²) in [6.45, 7) is 1.29. The van der Waals surface area contributed by atoms with Crippen molar-refractivity contribution in [2.24, 2.45) is 0 Å². The van der Waals surface area contributed by atoms with Gasteiger partial charge in [-0.25, -0.2) is 23.2 Å². The molecule has 3 aromatic heterocycles. The maximum atomic E-state index is 13.7. The van der Waals surface area contributed by atoms with Crippen molar-refractivity contribution >= 4 is 27.0 Å². The first-order valence-corrected chi connectivity index (χ1v) is 14.1. The van der Waals surface area contributed by atoms with Crippen LogP contribution in [0.2, 0.25) is 0 Å². The molecule has 0 amide bonds. The molecule has 15 heteroatoms. The normalized spacial score (nSPS) is 13.5. The summed E-state index contributed by atoms with van der Waals surface area (Å²) in [5.74, 6) is -2.69. The molecule has 2 atom stereocenters. The van der Waals surface area contributed by atoms with Crippen LogP contribution in [0.4, 0.5) is 13.2 Å². The number of nitriles is 1. The number of nitrogens with one attached hydrogen (secondary N) is 1. The lowest BCUT2D eigenvalue weighted by molar-refractivity contribution is -0.226. The van der Waals surface area contributed by atoms with Crippen LogP contribution in [0, 0.1) is 11.3 Å². The van der Waals surface area contributed by atoms with Crippen molar-refractivity contribution in [1.82, 2.24) is 29.2 Å². The smallest absolute Gasteiger partial charge is 0.346 e. The van der Waals surface area contributed by atoms with E-state index >= 15 is 0 Å². The number of hydrogen-bond donors (Lipinski definition) is 1. The Labute approximate surface area is 243 Å². The minimum Gasteiger partial charge on any atom is -0.346 e. The van der Waals surface area contributed by atoms with Gasteiger partial charge in [-0.3, -0.25) is 4.68 Å². The zero-order valence-electron chi connectivity index (χ0n) is 22.3. The third-order valence-electron chi connectivity index (χ3n) is 6.61. The lowest BCUT2D eigenvalue weighted by Crippen LogP contribution is -2.40. The van der Waals surface area contributed by atoms with E-state index in [1.54, 1.807) is 48.9 Å². The van der Waals surface area contributed by atoms with E-state index < -0.39 is 39.1 Å². The number of aromatic nitrogens is 5. The number of rotatable bonds is 9. The van der Waals surface area contributed by atoms with Gasteiger partial charge in [0.25, 0.3) is 10.0 Å². The van der Waals surface area contributed by atoms with Crippen LogP contribution in [0.3, 0.4) is 0 Å². The number of halogens is 3. The highest BCUT2D eigenvalue weighted by atomic mass is 32.2. The van der Waals surface area contributed by atoms with Gasteiger partial charge in [0.2, 0.25) is 0 Å². The fourth-order valence-electron chi connectivity index (χ4n) is 4.49. The number of sulfonamides is 1. The Bertz CT molecular complexity index is 1920. The van der Waals surface area contributed by atoms with Crippen molar-refractivity contribution in [3.63, 3.8) is 0 Å². The molecule has 1 N–H and O–H groups in total. The summed E-state index contributed by atoms with van der Waals surface area (Å²) < 4.78 is 68.5. The fraction of sp³-hybridized carbons (Fsp3) is 0.179. The molecule has 5 rings (SSSR count). The molecule has 0 aliphatic heterocycles. The summed E-state index contributed by atoms with van der Waals surface area (Å²) in [5, 5.41) is 14.7. The van der Waals surface area contributed by atoms with Gasteiger partial charge in [-0.1, -0.05) is 42.5 Å². The number of benzene rings is 2. The van der Waals surface area contributed by atoms with Gasteiger partial charge >= 0.3 is 12.1 Å². The van der Waals surface area contributed by atoms with Crippen molar-refractivity contribution < 1.29 is 31.2 Å². The summed E-state index contributed by atoms with van der Waals surface area (Å²) >= 11 is 0. The second kappa shape index (κ2) is 11.7. The molecule has 0 radical (unpaired) electrons. The van der Waals surface area contributed by atoms with E-state index in [0.717, 1.165) is 11.5 Å². The number of aromatic amines is 1. The largest absolute Gasteiger partial charge is 0.492 e. The van der Waals surface area contributed by atoms with Crippen LogP contribution in [0.1, 0.15) is 36.6 Å². The molecular weight excluding hydrogens is 587 g/mol. The number of alkyl halides is 3. The van der Waals surface area contributed by atoms with Crippen molar-refractivity contribution in [3.05, 3.63) is 96.7 Å². The highest BCUT2D eigenvalue weighted by Crippen LogP contribution is 2.33. The Morgan fingerprint density at radius 2 is 1.86 bits per heavy atom. The number of carbonyl (C=O) groups is 1. The van der Waals surface area contributed by atoms with Crippen LogP contribution in [0.5, 0.6) is 0 Å². The van der Waals surface area contributed by atoms with Gasteiger partial charge in [-0.2, -0.15) is 23.5 Å². The van der Waals surface area contributed by atoms with Gasteiger partial charge in [-0.15, -0.1) is 0 Å². The van der Waals surface area contributed by atoms with Crippen molar-refractivity contribution in [1.29, 1.82) is 5.26 Å². The molecule has 43 heavy (non-hydrogen) atoms. The zero-order chi connectivity index (χ0) is 30.8. The monoisotopic (exact) mass is 609 g/mol. The summed E-state index contributed by atoms with van der Waals surface area (Å²) in [6.07, 6.45) is 0.719. The zero-order valence-corrected chi connectivity index (χ0v) is 23.1. The van der Waals surface area contributed by atoms with Crippen LogP contribution in [0.15, 0.2) is 90.5 Å². The van der Waals surface area contributed by atoms with Crippen LogP contribution in [-0.4, -0.2) is 49.8 Å². The minimum atomic E-state index is -5.45. The third kappa shape index (κ3) is 5.96. The summed E-state index contributed by atoms with van der Waals surface area (Å²) in [5.41, 5.74) is 2.41. The van der Waals surface area contributed by atoms with Crippen molar-refractivity contribution in [3.8, 4) is 17.3 Å². The molecule has 0 bridgehead atoms. The average Bonchev–Trinajstić information content (AvgIpc) is 3.68. The lowest BCUT2D eigenvalue weighted by Gasteiger charge is -2.27. The van der Waals surface area contributed by atoms with Gasteiger partial charge in [0.15, 0.2) is 0 Å². The SMILES string of the molecule is C[C@@H](c1ccccc1)N(OC(=O)C(F)(F)F)S(=O)(=O)c1cccc(C(CC#N)n2cc(-c3ncnc4[nH]ccc34)cn2)c1. The summed E-state index contributed by atoms with van der Waals surface area (Å²) in [6, 6.07) is 14.8. The third-order valence-corrected chi connectivity index (χ3v) is 8.33. The maximum absolute atomic E-state index is 13.7. The first kappa shape index (κ1) is 29.4. The van der Waals surface area contributed by atoms with Crippen LogP contribution >= 0.6 is 0 Å². The topological polar surface area (TPSA) is 147 Å². The molecule has 220 valence electrons. The van der Waals surface area contributed by atoms with E-state index in [4.69, 9.17) is 0 Å². The first-order valence-electron chi connectivity index (χ1n) is 12.7. The van der Waals surface area contributed by atoms with E-state index in [9.17, 15) is 31.6 Å². The molecule has 3 heterocycles. The molecule has 0 saturated heterocycles. The standard InChI is InChI=1S/C28H22F3N7O4S/c1-18(19-6-3-2-4-7-19)38(42-27(39)28(29,30)31)43(40,41)22-9-5-8-20(14-22)24(10-12-32)37-16-21(15-36-37)25-23-11-13-33-26(23)35-17-34-25/h2-9,11,13-18,24H,10H2,1H3,(H,33,34,35)/t18-,24?/m0/s1. The number of H-pyrrole nitrogens is 1. The molecule has 0 fully saturated rings. The summed E-state index contributed by atoms with van der Waals surface area (Å²) in [7, 11) is -4.86. The molecule has 1 unspecified atom stereocenters. The van der Waals surface area contributed by atoms with E-state index in [1.165, 1.54) is 42.2 Å². The second-order valence-corrected chi connectivity index (χ2v) is 11.1. The lowest BCUT2D eigenvalue weighted by atomic mass is 10.0. The van der Waals surface area contributed by atoms with Crippen molar-refractivity contribution in [2.75, 3.05) is 0 Å². The number of hydrogen-bond acceptors (Lipinski definition) is 8. The van der Waals surface area contributed by atoms with E-state index in [-0.39, 0.29) is 16.5 Å². The average molecular weight is 610 g/mol. The Hall–Kier alpha value is -5.07. The molecule has 11 nitrogen and oxygen atoms in total. The Morgan fingerprint density at radius 1 is 1.12 bits per heavy atom. The van der Waals surface area contributed by atoms with E-state index in [0.29, 0.717) is 22.5 Å². The van der Waals surface area contributed by atoms with E-state index in [2.05, 4.69) is 31.0 Å². The van der Waals surface area contributed by atoms with Crippen LogP contribution < -0.4 is 0 Å². The molecule has 2 aromatic carbocycles. The van der Waals surface area contributed by atoms with Crippen LogP contribution in [-0.2, 0) is 19.7 Å². The predicted octanol–water partition coefficient (Wildman–Crippen LogP) is 5.10. The van der Waals surface area contributed by atoms with Gasteiger partial charge in [0.05, 0.1) is 41.4 Å². The fourth-order valence-corrected chi connectivity index (χ4v) is 5.94. The maximum Gasteiger partial charge on any atom is 0.492 e. The number of nitrogens with zero attached hydrogens (tertiary/aromatic N) is 6. The molecule has 0 aliphatic rings. The number of fused-ring (bicyclic) bond motifs is 1. The van der Waals surface area contributed by atoms with Gasteiger partial charge < -0.3 is 9.82 Å². The van der Waals surface area contributed by atoms with Gasteiger partial charge in [0, 0.05) is 23.3 Å². The predicted molar refractivity (Wildman–Crippen MR) is 146 cm³/mol. The van der Waals surface area contributed by atoms with Crippen LogP contribution in [0.25, 0.3) is 22.3 Å². The Morgan fingerprint density at radius 3 is 2.58 bits per heavy atom. The highest BCUT2D eigenvalue weighted by molar-refractivity contribution is 7.89. The molecule has 0 saturated carbocycles. The number of carbonyl (C=O) groups excluding carboxylic acids is 1. The first-order chi connectivity index (χ1) is 20.5. The molecule has 0 spiro atoms. The van der Waals surface area contributed by atoms with Gasteiger partial charge in [-0.05, 0) is 40.7 Å². The van der Waals surface area contributed by atoms with E-state index in [1.807, 2.05) is 0 Å². The Kier molecular flexibility index (Phi) is 7.98. The number of hydroxylamine groups is 1.